The molecule has 174 valence electrons. The first-order valence-electron chi connectivity index (χ1n) is 11.1. The van der Waals surface area contributed by atoms with Gasteiger partial charge >= 0.3 is 11.9 Å². The second kappa shape index (κ2) is 10.4. The van der Waals surface area contributed by atoms with E-state index in [-0.39, 0.29) is 24.5 Å². The molecule has 1 unspecified atom stereocenters. The highest BCUT2D eigenvalue weighted by Gasteiger charge is 2.50. The minimum atomic E-state index is -2.74. The van der Waals surface area contributed by atoms with Crippen LogP contribution < -0.4 is 10.4 Å². The number of hydrogen-bond donors (Lipinski definition) is 1. The number of carbonyl (C=O) groups excluding carboxylic acids is 1. The van der Waals surface area contributed by atoms with Crippen LogP contribution in [-0.4, -0.2) is 37.6 Å². The Hall–Kier alpha value is -2.44. The molecule has 0 saturated heterocycles. The van der Waals surface area contributed by atoms with Gasteiger partial charge in [0.1, 0.15) is 5.60 Å². The molecule has 0 saturated carbocycles. The Morgan fingerprint density at radius 1 is 0.875 bits per heavy atom. The molecule has 0 aliphatic rings. The molecule has 1 atom stereocenters. The largest absolute Gasteiger partial charge is 0.481 e. The van der Waals surface area contributed by atoms with Gasteiger partial charge < -0.3 is 14.3 Å². The number of aliphatic carboxylic acids is 1. The Bertz CT molecular complexity index is 842. The van der Waals surface area contributed by atoms with Crippen LogP contribution in [0.15, 0.2) is 60.7 Å². The lowest BCUT2D eigenvalue weighted by molar-refractivity contribution is -0.160. The Labute approximate surface area is 192 Å². The Morgan fingerprint density at radius 2 is 1.34 bits per heavy atom. The number of hydrogen-bond acceptors (Lipinski definition) is 4. The summed E-state index contributed by atoms with van der Waals surface area (Å²) in [6, 6.07) is 20.4. The van der Waals surface area contributed by atoms with Crippen LogP contribution in [0.3, 0.4) is 0 Å². The van der Waals surface area contributed by atoms with Crippen molar-refractivity contribution < 1.29 is 23.9 Å². The first-order chi connectivity index (χ1) is 14.9. The van der Waals surface area contributed by atoms with Crippen molar-refractivity contribution in [1.82, 2.24) is 0 Å². The molecular weight excluding hydrogens is 420 g/mol. The van der Waals surface area contributed by atoms with E-state index >= 15 is 0 Å². The minimum Gasteiger partial charge on any atom is -0.481 e. The summed E-state index contributed by atoms with van der Waals surface area (Å²) in [6.07, 6.45) is 0.0653. The molecule has 0 heterocycles. The van der Waals surface area contributed by atoms with Gasteiger partial charge in [-0.2, -0.15) is 0 Å². The van der Waals surface area contributed by atoms with Crippen molar-refractivity contribution in [2.45, 2.75) is 65.0 Å². The first-order valence-corrected chi connectivity index (χ1v) is 13.0. The van der Waals surface area contributed by atoms with E-state index in [1.54, 1.807) is 20.8 Å². The van der Waals surface area contributed by atoms with Gasteiger partial charge in [0.15, 0.2) is 0 Å². The van der Waals surface area contributed by atoms with Gasteiger partial charge in [-0.3, -0.25) is 9.59 Å². The Morgan fingerprint density at radius 3 is 1.72 bits per heavy atom. The highest BCUT2D eigenvalue weighted by atomic mass is 28.4. The van der Waals surface area contributed by atoms with Crippen LogP contribution in [0, 0.1) is 5.92 Å². The molecular formula is C26H36O5Si. The first kappa shape index (κ1) is 25.8. The fraction of sp³-hybridized carbons (Fsp3) is 0.462. The molecule has 0 amide bonds. The topological polar surface area (TPSA) is 72.8 Å². The maximum Gasteiger partial charge on any atom is 0.307 e. The number of carbonyl (C=O) groups is 2. The number of esters is 1. The molecule has 2 aromatic rings. The van der Waals surface area contributed by atoms with Crippen LogP contribution in [0.1, 0.15) is 54.4 Å². The molecule has 0 spiro atoms. The van der Waals surface area contributed by atoms with Crippen LogP contribution in [-0.2, 0) is 18.8 Å². The number of carboxylic acid groups (broad SMARTS) is 1. The van der Waals surface area contributed by atoms with Gasteiger partial charge in [-0.1, -0.05) is 81.4 Å². The summed E-state index contributed by atoms with van der Waals surface area (Å²) < 4.78 is 12.1. The zero-order valence-electron chi connectivity index (χ0n) is 20.1. The molecule has 0 bridgehead atoms. The quantitative estimate of drug-likeness (QED) is 0.448. The third kappa shape index (κ3) is 6.53. The van der Waals surface area contributed by atoms with E-state index in [9.17, 15) is 14.7 Å². The van der Waals surface area contributed by atoms with Crippen LogP contribution >= 0.6 is 0 Å². The van der Waals surface area contributed by atoms with Crippen molar-refractivity contribution in [2.24, 2.45) is 5.92 Å². The maximum absolute atomic E-state index is 12.2. The monoisotopic (exact) mass is 456 g/mol. The molecule has 1 N–H and O–H groups in total. The lowest BCUT2D eigenvalue weighted by Crippen LogP contribution is -2.66. The highest BCUT2D eigenvalue weighted by Crippen LogP contribution is 2.37. The van der Waals surface area contributed by atoms with E-state index in [0.29, 0.717) is 0 Å². The van der Waals surface area contributed by atoms with E-state index in [1.807, 2.05) is 36.4 Å². The second-order valence-corrected chi connectivity index (χ2v) is 14.4. The summed E-state index contributed by atoms with van der Waals surface area (Å²) in [7, 11) is -2.74. The predicted molar refractivity (Wildman–Crippen MR) is 130 cm³/mol. The molecule has 0 aliphatic heterocycles. The summed E-state index contributed by atoms with van der Waals surface area (Å²) in [4.78, 5) is 24.1. The summed E-state index contributed by atoms with van der Waals surface area (Å²) >= 11 is 0. The normalized spacial score (nSPS) is 13.4. The Kier molecular flexibility index (Phi) is 8.43. The van der Waals surface area contributed by atoms with E-state index in [4.69, 9.17) is 9.16 Å². The fourth-order valence-electron chi connectivity index (χ4n) is 4.01. The minimum absolute atomic E-state index is 0.170. The average molecular weight is 457 g/mol. The van der Waals surface area contributed by atoms with E-state index in [0.717, 1.165) is 10.4 Å². The van der Waals surface area contributed by atoms with Crippen molar-refractivity contribution in [3.63, 3.8) is 0 Å². The van der Waals surface area contributed by atoms with Gasteiger partial charge in [0.05, 0.1) is 12.3 Å². The standard InChI is InChI=1S/C26H36O5Si/c1-25(2,3)31-23(27)19-20(24(28)29)17-18-30-32(26(4,5)6,21-13-9-7-10-14-21)22-15-11-8-12-16-22/h7-16,20H,17-19H2,1-6H3,(H,28,29). The van der Waals surface area contributed by atoms with E-state index in [2.05, 4.69) is 45.0 Å². The molecule has 5 nitrogen and oxygen atoms in total. The lowest BCUT2D eigenvalue weighted by atomic mass is 10.0. The van der Waals surface area contributed by atoms with Crippen LogP contribution in [0.5, 0.6) is 0 Å². The Balaban J connectivity index is 2.31. The number of carboxylic acids is 1. The summed E-state index contributed by atoms with van der Waals surface area (Å²) in [5.41, 5.74) is -0.647. The van der Waals surface area contributed by atoms with Crippen LogP contribution in [0.2, 0.25) is 5.04 Å². The SMILES string of the molecule is CC(C)(C)OC(=O)CC(CCO[Si](c1ccccc1)(c1ccccc1)C(C)(C)C)C(=O)O. The number of benzene rings is 2. The fourth-order valence-corrected chi connectivity index (χ4v) is 8.59. The third-order valence-electron chi connectivity index (χ3n) is 5.38. The molecule has 32 heavy (non-hydrogen) atoms. The predicted octanol–water partition coefficient (Wildman–Crippen LogP) is 4.39. The van der Waals surface area contributed by atoms with Crippen molar-refractivity contribution >= 4 is 30.6 Å². The zero-order valence-corrected chi connectivity index (χ0v) is 21.1. The van der Waals surface area contributed by atoms with Gasteiger partial charge in [-0.05, 0) is 42.6 Å². The summed E-state index contributed by atoms with van der Waals surface area (Å²) in [5, 5.41) is 11.8. The number of rotatable bonds is 9. The van der Waals surface area contributed by atoms with E-state index in [1.165, 1.54) is 0 Å². The molecule has 0 fully saturated rings. The maximum atomic E-state index is 12.2. The van der Waals surface area contributed by atoms with Gasteiger partial charge in [-0.25, -0.2) is 0 Å². The van der Waals surface area contributed by atoms with Gasteiger partial charge in [0, 0.05) is 6.61 Å². The van der Waals surface area contributed by atoms with Crippen molar-refractivity contribution in [1.29, 1.82) is 0 Å². The smallest absolute Gasteiger partial charge is 0.307 e. The van der Waals surface area contributed by atoms with Crippen molar-refractivity contribution in [3.05, 3.63) is 60.7 Å². The van der Waals surface area contributed by atoms with Gasteiger partial charge in [0.2, 0.25) is 0 Å². The van der Waals surface area contributed by atoms with Crippen molar-refractivity contribution in [2.75, 3.05) is 6.61 Å². The van der Waals surface area contributed by atoms with Gasteiger partial charge in [0.25, 0.3) is 8.32 Å². The van der Waals surface area contributed by atoms with Crippen LogP contribution in [0.25, 0.3) is 0 Å². The summed E-state index contributed by atoms with van der Waals surface area (Å²) in [5.74, 6) is -2.37. The van der Waals surface area contributed by atoms with Crippen LogP contribution in [0.4, 0.5) is 0 Å². The number of ether oxygens (including phenoxy) is 1. The lowest BCUT2D eigenvalue weighted by Gasteiger charge is -2.43. The average Bonchev–Trinajstić information content (AvgIpc) is 2.69. The summed E-state index contributed by atoms with van der Waals surface area (Å²) in [6.45, 7) is 12.1. The molecule has 0 radical (unpaired) electrons. The molecule has 6 heteroatoms. The molecule has 2 aromatic carbocycles. The van der Waals surface area contributed by atoms with Crippen molar-refractivity contribution in [3.8, 4) is 0 Å². The molecule has 0 aromatic heterocycles. The molecule has 2 rings (SSSR count). The third-order valence-corrected chi connectivity index (χ3v) is 10.4. The highest BCUT2D eigenvalue weighted by molar-refractivity contribution is 6.99. The van der Waals surface area contributed by atoms with Gasteiger partial charge in [-0.15, -0.1) is 0 Å². The second-order valence-electron chi connectivity index (χ2n) is 10.1. The van der Waals surface area contributed by atoms with E-state index < -0.39 is 31.8 Å². The zero-order chi connectivity index (χ0) is 24.0. The molecule has 0 aliphatic carbocycles.